The van der Waals surface area contributed by atoms with E-state index in [0.717, 1.165) is 10.5 Å². The van der Waals surface area contributed by atoms with Crippen LogP contribution in [0.2, 0.25) is 0 Å². The maximum atomic E-state index is 14.3. The highest BCUT2D eigenvalue weighted by atomic mass is 32.2. The number of anilines is 1. The molecular weight excluding hydrogens is 740 g/mol. The first-order valence-electron chi connectivity index (χ1n) is 18.2. The lowest BCUT2D eigenvalue weighted by Crippen LogP contribution is -2.62. The van der Waals surface area contributed by atoms with Crippen molar-refractivity contribution in [3.63, 3.8) is 0 Å². The van der Waals surface area contributed by atoms with Crippen molar-refractivity contribution in [1.29, 1.82) is 0 Å². The highest BCUT2D eigenvalue weighted by Crippen LogP contribution is 2.43. The second kappa shape index (κ2) is 17.1. The number of para-hydroxylation sites is 1. The minimum Gasteiger partial charge on any atom is -0.393 e. The standard InChI is InChI=1S/C35H50N8O11S/c1-15-27(47)38-22-10-20-19-7-5-6-8-21(19)41-33(20)55-13-24(34(53)43-12-18(46)9-25(43)31(51)37-15)40-32(52)26(17(3)45)42-28(48)16(2)36-30(50)23(39-29(22)49)11-35(4,54)14-44/h5-8,15-18,20,22-26,33,41,44-46,54H,9-14H2,1-4H3,(H,36,50)(H,37,51)(H,38,47)(H,39,49)(H,40,52)(H,42,48)/t15-,16-,17-,18+,20?,22-,23-,24-,25-,26+,33+,35+/m0/s1. The molecule has 0 radical (unpaired) electrons. The van der Waals surface area contributed by atoms with Crippen molar-refractivity contribution < 1.29 is 54.0 Å². The number of hydrogen-bond acceptors (Lipinski definition) is 13. The van der Waals surface area contributed by atoms with Crippen molar-refractivity contribution >= 4 is 58.8 Å². The van der Waals surface area contributed by atoms with Gasteiger partial charge >= 0.3 is 0 Å². The zero-order valence-corrected chi connectivity index (χ0v) is 31.7. The zero-order valence-electron chi connectivity index (χ0n) is 30.9. The summed E-state index contributed by atoms with van der Waals surface area (Å²) in [6, 6.07) is -2.54. The van der Waals surface area contributed by atoms with Gasteiger partial charge in [0, 0.05) is 36.7 Å². The number of thioether (sulfide) groups is 1. The monoisotopic (exact) mass is 790 g/mol. The Morgan fingerprint density at radius 3 is 2.13 bits per heavy atom. The van der Waals surface area contributed by atoms with Gasteiger partial charge in [-0.3, -0.25) is 33.6 Å². The predicted octanol–water partition coefficient (Wildman–Crippen LogP) is -3.90. The molecule has 2 bridgehead atoms. The molecule has 3 saturated heterocycles. The van der Waals surface area contributed by atoms with Crippen LogP contribution in [0.15, 0.2) is 24.3 Å². The van der Waals surface area contributed by atoms with E-state index in [1.165, 1.54) is 39.5 Å². The summed E-state index contributed by atoms with van der Waals surface area (Å²) < 4.78 is 0. The average molecular weight is 791 g/mol. The molecule has 7 amide bonds. The van der Waals surface area contributed by atoms with Crippen LogP contribution in [-0.4, -0.2) is 151 Å². The van der Waals surface area contributed by atoms with E-state index >= 15 is 0 Å². The van der Waals surface area contributed by atoms with Crippen molar-refractivity contribution in [2.24, 2.45) is 0 Å². The van der Waals surface area contributed by atoms with Gasteiger partial charge in [-0.15, -0.1) is 11.8 Å². The molecule has 4 aliphatic rings. The Balaban J connectivity index is 1.65. The Bertz CT molecular complexity index is 1680. The maximum Gasteiger partial charge on any atom is 0.246 e. The molecule has 0 aromatic heterocycles. The molecule has 5 rings (SSSR count). The van der Waals surface area contributed by atoms with Gasteiger partial charge in [-0.1, -0.05) is 18.2 Å². The molecule has 0 spiro atoms. The van der Waals surface area contributed by atoms with Gasteiger partial charge in [0.05, 0.1) is 29.8 Å². The number of amides is 7. The molecular formula is C35H50N8O11S. The SMILES string of the molecule is C[C@@H]1NC(=O)[C@H](C[C@@](C)(O)CO)NC(=O)[C@@H]2CC3c4ccccc4N[C@@H]3SC[C@H](NC(=O)[C@@H]([C@H](C)O)NC1=O)C(=O)N1C[C@H](O)C[C@H]1C(=O)N[C@@H](C)C(=O)N2. The molecule has 12 atom stereocenters. The van der Waals surface area contributed by atoms with Crippen LogP contribution in [0.3, 0.4) is 0 Å². The lowest BCUT2D eigenvalue weighted by atomic mass is 9.92. The predicted molar refractivity (Wildman–Crippen MR) is 197 cm³/mol. The molecule has 55 heavy (non-hydrogen) atoms. The van der Waals surface area contributed by atoms with Gasteiger partial charge in [-0.05, 0) is 45.7 Å². The quantitative estimate of drug-likeness (QED) is 0.139. The summed E-state index contributed by atoms with van der Waals surface area (Å²) in [5, 5.41) is 60.0. The van der Waals surface area contributed by atoms with Crippen LogP contribution in [0.4, 0.5) is 5.69 Å². The Morgan fingerprint density at radius 1 is 0.818 bits per heavy atom. The van der Waals surface area contributed by atoms with Crippen LogP contribution in [0.5, 0.6) is 0 Å². The van der Waals surface area contributed by atoms with Crippen molar-refractivity contribution in [2.45, 2.75) is 118 Å². The number of nitrogens with one attached hydrogen (secondary N) is 7. The van der Waals surface area contributed by atoms with Gasteiger partial charge in [0.2, 0.25) is 41.4 Å². The fourth-order valence-corrected chi connectivity index (χ4v) is 8.45. The lowest BCUT2D eigenvalue weighted by Gasteiger charge is -2.32. The minimum absolute atomic E-state index is 0.0700. The number of carbonyl (C=O) groups excluding carboxylic acids is 7. The van der Waals surface area contributed by atoms with Gasteiger partial charge in [-0.2, -0.15) is 0 Å². The van der Waals surface area contributed by atoms with Crippen molar-refractivity contribution in [3.05, 3.63) is 29.8 Å². The smallest absolute Gasteiger partial charge is 0.246 e. The summed E-state index contributed by atoms with van der Waals surface area (Å²) in [7, 11) is 0. The van der Waals surface area contributed by atoms with E-state index < -0.39 is 126 Å². The van der Waals surface area contributed by atoms with Crippen molar-refractivity contribution in [2.75, 3.05) is 24.2 Å². The summed E-state index contributed by atoms with van der Waals surface area (Å²) in [5.41, 5.74) is -0.409. The summed E-state index contributed by atoms with van der Waals surface area (Å²) in [5.74, 6) is -6.60. The Morgan fingerprint density at radius 2 is 1.45 bits per heavy atom. The van der Waals surface area contributed by atoms with E-state index in [1.54, 1.807) is 12.1 Å². The minimum atomic E-state index is -1.89. The average Bonchev–Trinajstić information content (AvgIpc) is 3.69. The second-order valence-corrected chi connectivity index (χ2v) is 16.1. The molecule has 4 heterocycles. The van der Waals surface area contributed by atoms with Gasteiger partial charge in [0.1, 0.15) is 42.3 Å². The van der Waals surface area contributed by atoms with Gasteiger partial charge < -0.3 is 62.5 Å². The molecule has 19 nitrogen and oxygen atoms in total. The largest absolute Gasteiger partial charge is 0.393 e. The Kier molecular flexibility index (Phi) is 13.0. The number of hydrogen-bond donors (Lipinski definition) is 11. The Hall–Kier alpha value is -4.50. The number of nitrogens with zero attached hydrogens (tertiary/aromatic N) is 1. The molecule has 1 unspecified atom stereocenters. The zero-order chi connectivity index (χ0) is 40.4. The summed E-state index contributed by atoms with van der Waals surface area (Å²) in [4.78, 5) is 97.9. The molecule has 20 heteroatoms. The maximum absolute atomic E-state index is 14.3. The van der Waals surface area contributed by atoms with Crippen LogP contribution in [-0.2, 0) is 33.6 Å². The molecule has 0 aliphatic carbocycles. The van der Waals surface area contributed by atoms with Crippen LogP contribution in [0, 0.1) is 0 Å². The summed E-state index contributed by atoms with van der Waals surface area (Å²) >= 11 is 1.20. The fourth-order valence-electron chi connectivity index (χ4n) is 7.13. The summed E-state index contributed by atoms with van der Waals surface area (Å²) in [6.45, 7) is 4.07. The fraction of sp³-hybridized carbons (Fsp3) is 0.629. The third kappa shape index (κ3) is 9.66. The van der Waals surface area contributed by atoms with Crippen molar-refractivity contribution in [1.82, 2.24) is 36.8 Å². The number of aliphatic hydroxyl groups is 4. The first kappa shape index (κ1) is 41.7. The van der Waals surface area contributed by atoms with Crippen LogP contribution < -0.4 is 37.2 Å². The number of rotatable bonds is 4. The topological polar surface area (TPSA) is 288 Å². The van der Waals surface area contributed by atoms with Crippen molar-refractivity contribution in [3.8, 4) is 0 Å². The first-order chi connectivity index (χ1) is 25.9. The number of aliphatic hydroxyl groups excluding tert-OH is 3. The van der Waals surface area contributed by atoms with E-state index in [1.807, 2.05) is 12.1 Å². The van der Waals surface area contributed by atoms with Crippen LogP contribution in [0.25, 0.3) is 0 Å². The third-order valence-corrected chi connectivity index (χ3v) is 11.6. The molecule has 302 valence electrons. The molecule has 3 fully saturated rings. The van der Waals surface area contributed by atoms with Gasteiger partial charge in [-0.25, -0.2) is 0 Å². The summed E-state index contributed by atoms with van der Waals surface area (Å²) in [6.07, 6.45) is -3.37. The van der Waals surface area contributed by atoms with E-state index in [-0.39, 0.29) is 25.1 Å². The molecule has 11 N–H and O–H groups in total. The highest BCUT2D eigenvalue weighted by molar-refractivity contribution is 8.00. The van der Waals surface area contributed by atoms with Gasteiger partial charge in [0.25, 0.3) is 0 Å². The van der Waals surface area contributed by atoms with E-state index in [0.29, 0.717) is 5.69 Å². The van der Waals surface area contributed by atoms with E-state index in [2.05, 4.69) is 37.2 Å². The number of benzene rings is 1. The Labute approximate surface area is 321 Å². The highest BCUT2D eigenvalue weighted by Gasteiger charge is 2.45. The van der Waals surface area contributed by atoms with Crippen LogP contribution in [0.1, 0.15) is 58.4 Å². The van der Waals surface area contributed by atoms with E-state index in [9.17, 15) is 54.0 Å². The van der Waals surface area contributed by atoms with Crippen LogP contribution >= 0.6 is 11.8 Å². The lowest BCUT2D eigenvalue weighted by molar-refractivity contribution is -0.142. The normalized spacial score (nSPS) is 34.2. The number of fused-ring (bicyclic) bond motifs is 5. The third-order valence-electron chi connectivity index (χ3n) is 10.3. The number of carbonyl (C=O) groups is 7. The molecule has 4 aliphatic heterocycles. The second-order valence-electron chi connectivity index (χ2n) is 15.0. The van der Waals surface area contributed by atoms with Gasteiger partial charge in [0.15, 0.2) is 0 Å². The molecule has 1 aromatic rings. The molecule has 1 aromatic carbocycles. The first-order valence-corrected chi connectivity index (χ1v) is 19.2. The van der Waals surface area contributed by atoms with E-state index in [4.69, 9.17) is 0 Å². The molecule has 0 saturated carbocycles.